The van der Waals surface area contributed by atoms with Crippen molar-refractivity contribution in [3.63, 3.8) is 0 Å². The molecule has 2 rings (SSSR count). The second kappa shape index (κ2) is 5.44. The van der Waals surface area contributed by atoms with Gasteiger partial charge >= 0.3 is 0 Å². The molecule has 0 radical (unpaired) electrons. The number of nitrogen functional groups attached to an aromatic ring is 1. The lowest BCUT2D eigenvalue weighted by molar-refractivity contribution is 0.321. The highest BCUT2D eigenvalue weighted by molar-refractivity contribution is 5.33. The number of benzene rings is 1. The van der Waals surface area contributed by atoms with Crippen molar-refractivity contribution < 1.29 is 9.13 Å². The third-order valence-electron chi connectivity index (χ3n) is 2.38. The number of rotatable bonds is 4. The van der Waals surface area contributed by atoms with Crippen LogP contribution in [-0.2, 0) is 6.42 Å². The Morgan fingerprint density at radius 2 is 2.00 bits per heavy atom. The first-order chi connectivity index (χ1) is 8.69. The quantitative estimate of drug-likeness (QED) is 0.899. The number of anilines is 1. The zero-order valence-corrected chi connectivity index (χ0v) is 10.1. The average Bonchev–Trinajstić information content (AvgIpc) is 2.36. The van der Waals surface area contributed by atoms with Crippen LogP contribution in [0.2, 0.25) is 0 Å². The third-order valence-corrected chi connectivity index (χ3v) is 2.38. The molecule has 1 aromatic carbocycles. The van der Waals surface area contributed by atoms with Crippen LogP contribution < -0.4 is 10.5 Å². The van der Waals surface area contributed by atoms with Crippen LogP contribution in [0.25, 0.3) is 0 Å². The highest BCUT2D eigenvalue weighted by Gasteiger charge is 2.06. The maximum atomic E-state index is 13.6. The van der Waals surface area contributed by atoms with E-state index in [2.05, 4.69) is 9.97 Å². The molecular weight excluding hydrogens is 233 g/mol. The summed E-state index contributed by atoms with van der Waals surface area (Å²) in [6.45, 7) is 2.26. The molecule has 5 heteroatoms. The normalized spacial score (nSPS) is 10.3. The number of nitrogens with zero attached hydrogens (tertiary/aromatic N) is 2. The van der Waals surface area contributed by atoms with Crippen molar-refractivity contribution in [2.45, 2.75) is 13.3 Å². The molecule has 0 atom stereocenters. The summed E-state index contributed by atoms with van der Waals surface area (Å²) in [5, 5.41) is 0. The molecule has 94 valence electrons. The van der Waals surface area contributed by atoms with Gasteiger partial charge in [-0.3, -0.25) is 0 Å². The minimum absolute atomic E-state index is 0.263. The van der Waals surface area contributed by atoms with Crippen LogP contribution in [0.1, 0.15) is 18.3 Å². The van der Waals surface area contributed by atoms with E-state index in [-0.39, 0.29) is 11.6 Å². The number of aromatic nitrogens is 2. The van der Waals surface area contributed by atoms with E-state index in [4.69, 9.17) is 10.5 Å². The molecular formula is C13H14FN3O. The van der Waals surface area contributed by atoms with Crippen molar-refractivity contribution in [1.82, 2.24) is 9.97 Å². The van der Waals surface area contributed by atoms with E-state index >= 15 is 0 Å². The summed E-state index contributed by atoms with van der Waals surface area (Å²) < 4.78 is 18.8. The minimum Gasteiger partial charge on any atom is -0.491 e. The van der Waals surface area contributed by atoms with E-state index < -0.39 is 0 Å². The van der Waals surface area contributed by atoms with Crippen molar-refractivity contribution >= 4 is 5.69 Å². The fourth-order valence-corrected chi connectivity index (χ4v) is 1.57. The molecule has 4 nitrogen and oxygen atoms in total. The van der Waals surface area contributed by atoms with E-state index in [0.29, 0.717) is 24.5 Å². The second-order valence-electron chi connectivity index (χ2n) is 3.81. The molecule has 18 heavy (non-hydrogen) atoms. The van der Waals surface area contributed by atoms with E-state index in [0.717, 1.165) is 5.56 Å². The largest absolute Gasteiger partial charge is 0.491 e. The second-order valence-corrected chi connectivity index (χ2v) is 3.81. The molecule has 0 aliphatic carbocycles. The Balaban J connectivity index is 2.14. The smallest absolute Gasteiger partial charge is 0.165 e. The maximum Gasteiger partial charge on any atom is 0.165 e. The van der Waals surface area contributed by atoms with Gasteiger partial charge in [0.2, 0.25) is 0 Å². The van der Waals surface area contributed by atoms with Crippen LogP contribution >= 0.6 is 0 Å². The summed E-state index contributed by atoms with van der Waals surface area (Å²) in [7, 11) is 0. The molecule has 1 heterocycles. The van der Waals surface area contributed by atoms with Crippen molar-refractivity contribution in [1.29, 1.82) is 0 Å². The third kappa shape index (κ3) is 2.94. The molecule has 0 saturated heterocycles. The summed E-state index contributed by atoms with van der Waals surface area (Å²) >= 11 is 0. The summed E-state index contributed by atoms with van der Waals surface area (Å²) in [6.07, 6.45) is 3.53. The molecule has 0 aliphatic rings. The predicted molar refractivity (Wildman–Crippen MR) is 66.8 cm³/mol. The number of ether oxygens (including phenoxy) is 1. The van der Waals surface area contributed by atoms with Crippen LogP contribution in [0.3, 0.4) is 0 Å². The Hall–Kier alpha value is -2.17. The van der Waals surface area contributed by atoms with Gasteiger partial charge in [-0.1, -0.05) is 6.07 Å². The van der Waals surface area contributed by atoms with Gasteiger partial charge in [0.15, 0.2) is 11.6 Å². The van der Waals surface area contributed by atoms with E-state index in [1.54, 1.807) is 12.1 Å². The predicted octanol–water partition coefficient (Wildman–Crippen LogP) is 2.19. The SMILES string of the molecule is CCOc1ccc(Cc2ncc(N)cn2)cc1F. The lowest BCUT2D eigenvalue weighted by Crippen LogP contribution is -1.99. The van der Waals surface area contributed by atoms with Gasteiger partial charge in [0.1, 0.15) is 5.82 Å². The Bertz CT molecular complexity index is 528. The van der Waals surface area contributed by atoms with Crippen LogP contribution in [0.5, 0.6) is 5.75 Å². The van der Waals surface area contributed by atoms with Crippen molar-refractivity contribution in [2.75, 3.05) is 12.3 Å². The average molecular weight is 247 g/mol. The lowest BCUT2D eigenvalue weighted by Gasteiger charge is -2.06. The van der Waals surface area contributed by atoms with Crippen molar-refractivity contribution in [3.8, 4) is 5.75 Å². The van der Waals surface area contributed by atoms with Gasteiger partial charge in [-0.05, 0) is 24.6 Å². The summed E-state index contributed by atoms with van der Waals surface area (Å²) in [4.78, 5) is 8.14. The van der Waals surface area contributed by atoms with Gasteiger partial charge in [0.25, 0.3) is 0 Å². The Morgan fingerprint density at radius 1 is 1.28 bits per heavy atom. The zero-order valence-electron chi connectivity index (χ0n) is 10.1. The standard InChI is InChI=1S/C13H14FN3O/c1-2-18-12-4-3-9(5-11(12)14)6-13-16-7-10(15)8-17-13/h3-5,7-8H,2,6,15H2,1H3. The molecule has 0 saturated carbocycles. The topological polar surface area (TPSA) is 61.0 Å². The van der Waals surface area contributed by atoms with Gasteiger partial charge in [0, 0.05) is 6.42 Å². The summed E-state index contributed by atoms with van der Waals surface area (Å²) in [5.41, 5.74) is 6.80. The molecule has 0 fully saturated rings. The van der Waals surface area contributed by atoms with Crippen LogP contribution in [0.4, 0.5) is 10.1 Å². The van der Waals surface area contributed by atoms with Crippen LogP contribution in [0, 0.1) is 5.82 Å². The van der Waals surface area contributed by atoms with Gasteiger partial charge < -0.3 is 10.5 Å². The van der Waals surface area contributed by atoms with Crippen molar-refractivity contribution in [2.24, 2.45) is 0 Å². The zero-order chi connectivity index (χ0) is 13.0. The van der Waals surface area contributed by atoms with E-state index in [9.17, 15) is 4.39 Å². The minimum atomic E-state index is -0.371. The van der Waals surface area contributed by atoms with Crippen LogP contribution in [-0.4, -0.2) is 16.6 Å². The Morgan fingerprint density at radius 3 is 2.61 bits per heavy atom. The first-order valence-corrected chi connectivity index (χ1v) is 5.66. The van der Waals surface area contributed by atoms with E-state index in [1.807, 2.05) is 6.92 Å². The molecule has 2 N–H and O–H groups in total. The van der Waals surface area contributed by atoms with Crippen molar-refractivity contribution in [3.05, 3.63) is 47.8 Å². The molecule has 0 bridgehead atoms. The highest BCUT2D eigenvalue weighted by Crippen LogP contribution is 2.19. The fourth-order valence-electron chi connectivity index (χ4n) is 1.57. The van der Waals surface area contributed by atoms with Gasteiger partial charge in [-0.15, -0.1) is 0 Å². The molecule has 0 aliphatic heterocycles. The first-order valence-electron chi connectivity index (χ1n) is 5.66. The highest BCUT2D eigenvalue weighted by atomic mass is 19.1. The summed E-state index contributed by atoms with van der Waals surface area (Å²) in [6, 6.07) is 4.85. The fraction of sp³-hybridized carbons (Fsp3) is 0.231. The Labute approximate surface area is 105 Å². The molecule has 0 unspecified atom stereocenters. The van der Waals surface area contributed by atoms with Crippen LogP contribution in [0.15, 0.2) is 30.6 Å². The van der Waals surface area contributed by atoms with Gasteiger partial charge in [-0.25, -0.2) is 14.4 Å². The summed E-state index contributed by atoms with van der Waals surface area (Å²) in [5.74, 6) is 0.497. The molecule has 2 aromatic rings. The monoisotopic (exact) mass is 247 g/mol. The number of nitrogens with two attached hydrogens (primary N) is 1. The first kappa shape index (κ1) is 12.3. The van der Waals surface area contributed by atoms with E-state index in [1.165, 1.54) is 18.5 Å². The van der Waals surface area contributed by atoms with Gasteiger partial charge in [-0.2, -0.15) is 0 Å². The number of hydrogen-bond donors (Lipinski definition) is 1. The maximum absolute atomic E-state index is 13.6. The molecule has 1 aromatic heterocycles. The molecule has 0 amide bonds. The number of halogens is 1. The Kier molecular flexibility index (Phi) is 3.72. The number of hydrogen-bond acceptors (Lipinski definition) is 4. The lowest BCUT2D eigenvalue weighted by atomic mass is 10.1. The molecule has 0 spiro atoms. The van der Waals surface area contributed by atoms with Gasteiger partial charge in [0.05, 0.1) is 24.7 Å².